The largest absolute Gasteiger partial charge is 0.469 e. The summed E-state index contributed by atoms with van der Waals surface area (Å²) in [5, 5.41) is 2.88. The van der Waals surface area contributed by atoms with Crippen LogP contribution in [0.5, 0.6) is 11.5 Å². The minimum atomic E-state index is -0.106. The van der Waals surface area contributed by atoms with Gasteiger partial charge in [-0.2, -0.15) is 0 Å². The van der Waals surface area contributed by atoms with E-state index in [0.717, 1.165) is 12.0 Å². The lowest BCUT2D eigenvalue weighted by Gasteiger charge is -2.21. The molecule has 7 nitrogen and oxygen atoms in total. The maximum absolute atomic E-state index is 12.6. The Hall–Kier alpha value is -2.96. The first-order valence-corrected chi connectivity index (χ1v) is 9.07. The van der Waals surface area contributed by atoms with Crippen molar-refractivity contribution in [3.05, 3.63) is 47.4 Å². The van der Waals surface area contributed by atoms with Crippen molar-refractivity contribution in [1.29, 1.82) is 0 Å². The molecule has 3 rings (SSSR count). The zero-order chi connectivity index (χ0) is 19.2. The molecule has 2 aromatic rings. The van der Waals surface area contributed by atoms with Crippen LogP contribution in [0.4, 0.5) is 0 Å². The molecule has 1 aromatic heterocycles. The van der Waals surface area contributed by atoms with Gasteiger partial charge < -0.3 is 24.1 Å². The minimum Gasteiger partial charge on any atom is -0.469 e. The lowest BCUT2D eigenvalue weighted by molar-refractivity contribution is -0.121. The highest BCUT2D eigenvalue weighted by Crippen LogP contribution is 2.32. The number of amides is 2. The highest BCUT2D eigenvalue weighted by molar-refractivity contribution is 5.95. The minimum absolute atomic E-state index is 0.105. The van der Waals surface area contributed by atoms with Crippen LogP contribution in [-0.2, 0) is 11.3 Å². The fraction of sp³-hybridized carbons (Fsp3) is 0.400. The van der Waals surface area contributed by atoms with Crippen LogP contribution in [-0.4, -0.2) is 36.6 Å². The van der Waals surface area contributed by atoms with Gasteiger partial charge >= 0.3 is 0 Å². The Bertz CT molecular complexity index is 814. The molecule has 1 aromatic carbocycles. The number of nitrogens with zero attached hydrogens (tertiary/aromatic N) is 1. The maximum atomic E-state index is 12.6. The van der Waals surface area contributed by atoms with Crippen molar-refractivity contribution in [1.82, 2.24) is 10.2 Å². The number of fused-ring (bicyclic) bond motifs is 1. The maximum Gasteiger partial charge on any atom is 0.257 e. The van der Waals surface area contributed by atoms with Crippen molar-refractivity contribution >= 4 is 11.8 Å². The van der Waals surface area contributed by atoms with Crippen LogP contribution >= 0.6 is 0 Å². The summed E-state index contributed by atoms with van der Waals surface area (Å²) in [6.45, 7) is 5.35. The predicted octanol–water partition coefficient (Wildman–Crippen LogP) is 2.88. The first-order valence-electron chi connectivity index (χ1n) is 9.07. The number of hydrogen-bond donors (Lipinski definition) is 1. The Labute approximate surface area is 158 Å². The average Bonchev–Trinajstić information content (AvgIpc) is 3.31. The molecule has 2 amide bonds. The van der Waals surface area contributed by atoms with E-state index in [9.17, 15) is 9.59 Å². The normalized spacial score (nSPS) is 12.1. The van der Waals surface area contributed by atoms with E-state index in [1.54, 1.807) is 17.9 Å². The second-order valence-corrected chi connectivity index (χ2v) is 6.40. The molecule has 0 saturated carbocycles. The Morgan fingerprint density at radius 2 is 1.96 bits per heavy atom. The monoisotopic (exact) mass is 372 g/mol. The van der Waals surface area contributed by atoms with Gasteiger partial charge in [-0.25, -0.2) is 0 Å². The Kier molecular flexibility index (Phi) is 6.01. The second kappa shape index (κ2) is 8.62. The highest BCUT2D eigenvalue weighted by Gasteiger charge is 2.19. The van der Waals surface area contributed by atoms with Crippen molar-refractivity contribution in [3.63, 3.8) is 0 Å². The number of rotatable bonds is 8. The number of hydrogen-bond acceptors (Lipinski definition) is 5. The molecule has 0 atom stereocenters. The first kappa shape index (κ1) is 18.8. The van der Waals surface area contributed by atoms with Gasteiger partial charge in [0.1, 0.15) is 5.76 Å². The van der Waals surface area contributed by atoms with Crippen molar-refractivity contribution in [2.24, 2.45) is 0 Å². The summed E-state index contributed by atoms with van der Waals surface area (Å²) in [4.78, 5) is 26.5. The lowest BCUT2D eigenvalue weighted by atomic mass is 10.2. The SMILES string of the molecule is CCCN(CCC(=O)NCc1ccc2c(c1)OCO2)C(=O)c1ccoc1C. The third-order valence-electron chi connectivity index (χ3n) is 4.41. The van der Waals surface area contributed by atoms with Gasteiger partial charge in [0, 0.05) is 26.1 Å². The van der Waals surface area contributed by atoms with E-state index in [1.807, 2.05) is 25.1 Å². The third-order valence-corrected chi connectivity index (χ3v) is 4.41. The number of carbonyl (C=O) groups excluding carboxylic acids is 2. The summed E-state index contributed by atoms with van der Waals surface area (Å²) < 4.78 is 15.8. The fourth-order valence-corrected chi connectivity index (χ4v) is 2.94. The third kappa shape index (κ3) is 4.61. The van der Waals surface area contributed by atoms with Gasteiger partial charge in [0.15, 0.2) is 11.5 Å². The van der Waals surface area contributed by atoms with E-state index >= 15 is 0 Å². The van der Waals surface area contributed by atoms with Crippen LogP contribution in [0.2, 0.25) is 0 Å². The number of aryl methyl sites for hydroxylation is 1. The van der Waals surface area contributed by atoms with E-state index < -0.39 is 0 Å². The highest BCUT2D eigenvalue weighted by atomic mass is 16.7. The molecule has 1 N–H and O–H groups in total. The molecule has 7 heteroatoms. The summed E-state index contributed by atoms with van der Waals surface area (Å²) in [6, 6.07) is 7.25. The average molecular weight is 372 g/mol. The lowest BCUT2D eigenvalue weighted by Crippen LogP contribution is -2.35. The topological polar surface area (TPSA) is 81.0 Å². The number of ether oxygens (including phenoxy) is 2. The van der Waals surface area contributed by atoms with Crippen molar-refractivity contribution in [3.8, 4) is 11.5 Å². The van der Waals surface area contributed by atoms with Gasteiger partial charge in [-0.3, -0.25) is 9.59 Å². The van der Waals surface area contributed by atoms with Gasteiger partial charge in [-0.05, 0) is 37.1 Å². The Morgan fingerprint density at radius 3 is 2.70 bits per heavy atom. The molecule has 0 fully saturated rings. The second-order valence-electron chi connectivity index (χ2n) is 6.40. The summed E-state index contributed by atoms with van der Waals surface area (Å²) >= 11 is 0. The molecule has 1 aliphatic heterocycles. The van der Waals surface area contributed by atoms with E-state index in [2.05, 4.69) is 5.32 Å². The Morgan fingerprint density at radius 1 is 1.15 bits per heavy atom. The summed E-state index contributed by atoms with van der Waals surface area (Å²) in [5.74, 6) is 1.79. The molecule has 2 heterocycles. The van der Waals surface area contributed by atoms with Crippen LogP contribution in [0.3, 0.4) is 0 Å². The molecule has 0 bridgehead atoms. The van der Waals surface area contributed by atoms with E-state index in [-0.39, 0.29) is 25.0 Å². The molecule has 27 heavy (non-hydrogen) atoms. The fourth-order valence-electron chi connectivity index (χ4n) is 2.94. The van der Waals surface area contributed by atoms with Crippen LogP contribution in [0.1, 0.15) is 41.4 Å². The van der Waals surface area contributed by atoms with E-state index in [4.69, 9.17) is 13.9 Å². The first-order chi connectivity index (χ1) is 13.1. The number of carbonyl (C=O) groups is 2. The smallest absolute Gasteiger partial charge is 0.257 e. The number of furan rings is 1. The van der Waals surface area contributed by atoms with Crippen molar-refractivity contribution in [2.45, 2.75) is 33.2 Å². The van der Waals surface area contributed by atoms with Gasteiger partial charge in [0.05, 0.1) is 11.8 Å². The Balaban J connectivity index is 1.50. The molecular weight excluding hydrogens is 348 g/mol. The van der Waals surface area contributed by atoms with Gasteiger partial charge in [0.25, 0.3) is 5.91 Å². The molecule has 144 valence electrons. The van der Waals surface area contributed by atoms with Crippen LogP contribution < -0.4 is 14.8 Å². The summed E-state index contributed by atoms with van der Waals surface area (Å²) in [6.07, 6.45) is 2.57. The van der Waals surface area contributed by atoms with Gasteiger partial charge in [-0.1, -0.05) is 13.0 Å². The molecule has 0 aliphatic carbocycles. The number of benzene rings is 1. The van der Waals surface area contributed by atoms with Gasteiger partial charge in [-0.15, -0.1) is 0 Å². The van der Waals surface area contributed by atoms with E-state index in [0.29, 0.717) is 42.5 Å². The van der Waals surface area contributed by atoms with Crippen LogP contribution in [0.15, 0.2) is 34.9 Å². The van der Waals surface area contributed by atoms with Gasteiger partial charge in [0.2, 0.25) is 12.7 Å². The standard InChI is InChI=1S/C20H24N2O5/c1-3-8-22(20(24)16-7-10-25-14(16)2)9-6-19(23)21-12-15-4-5-17-18(11-15)27-13-26-17/h4-5,7,10-11H,3,6,8-9,12-13H2,1-2H3,(H,21,23). The molecule has 0 radical (unpaired) electrons. The molecule has 1 aliphatic rings. The molecular formula is C20H24N2O5. The molecule has 0 saturated heterocycles. The van der Waals surface area contributed by atoms with Crippen molar-refractivity contribution in [2.75, 3.05) is 19.9 Å². The zero-order valence-electron chi connectivity index (χ0n) is 15.6. The number of nitrogens with one attached hydrogen (secondary N) is 1. The summed E-state index contributed by atoms with van der Waals surface area (Å²) in [5.41, 5.74) is 1.48. The van der Waals surface area contributed by atoms with E-state index in [1.165, 1.54) is 6.26 Å². The zero-order valence-corrected chi connectivity index (χ0v) is 15.6. The van der Waals surface area contributed by atoms with Crippen LogP contribution in [0.25, 0.3) is 0 Å². The van der Waals surface area contributed by atoms with Crippen LogP contribution in [0, 0.1) is 6.92 Å². The van der Waals surface area contributed by atoms with Crippen molar-refractivity contribution < 1.29 is 23.5 Å². The molecule has 0 spiro atoms. The molecule has 0 unspecified atom stereocenters. The predicted molar refractivity (Wildman–Crippen MR) is 98.7 cm³/mol. The quantitative estimate of drug-likeness (QED) is 0.771. The summed E-state index contributed by atoms with van der Waals surface area (Å²) in [7, 11) is 0.